The number of halogens is 2. The van der Waals surface area contributed by atoms with E-state index in [2.05, 4.69) is 15.5 Å². The first kappa shape index (κ1) is 19.8. The van der Waals surface area contributed by atoms with Gasteiger partial charge in [0.1, 0.15) is 0 Å². The molecule has 8 heteroatoms. The van der Waals surface area contributed by atoms with Crippen LogP contribution in [-0.2, 0) is 11.2 Å². The highest BCUT2D eigenvalue weighted by Gasteiger charge is 2.11. The molecule has 0 bridgehead atoms. The van der Waals surface area contributed by atoms with Crippen molar-refractivity contribution in [3.8, 4) is 17.1 Å². The number of amides is 1. The fraction of sp³-hybridized carbons (Fsp3) is 0.250. The quantitative estimate of drug-likeness (QED) is 0.579. The van der Waals surface area contributed by atoms with Crippen molar-refractivity contribution >= 4 is 23.2 Å². The van der Waals surface area contributed by atoms with Crippen LogP contribution in [0.15, 0.2) is 47.0 Å². The summed E-state index contributed by atoms with van der Waals surface area (Å²) < 4.78 is 24.2. The Kier molecular flexibility index (Phi) is 6.60. The number of carbonyl (C=O) groups excluding carboxylic acids is 1. The van der Waals surface area contributed by atoms with Gasteiger partial charge in [-0.25, -0.2) is 4.39 Å². The first-order chi connectivity index (χ1) is 13.5. The largest absolute Gasteiger partial charge is 0.491 e. The molecule has 2 aromatic carbocycles. The van der Waals surface area contributed by atoms with Gasteiger partial charge in [0.2, 0.25) is 17.6 Å². The number of anilines is 1. The maximum absolute atomic E-state index is 13.8. The van der Waals surface area contributed by atoms with Crippen molar-refractivity contribution in [3.63, 3.8) is 0 Å². The smallest absolute Gasteiger partial charge is 0.226 e. The topological polar surface area (TPSA) is 77.2 Å². The van der Waals surface area contributed by atoms with Gasteiger partial charge in [0, 0.05) is 35.2 Å². The van der Waals surface area contributed by atoms with E-state index in [0.717, 1.165) is 5.56 Å². The predicted octanol–water partition coefficient (Wildman–Crippen LogP) is 4.89. The Morgan fingerprint density at radius 2 is 2.04 bits per heavy atom. The number of hydrogen-bond donors (Lipinski definition) is 1. The van der Waals surface area contributed by atoms with Gasteiger partial charge in [0.15, 0.2) is 11.6 Å². The lowest BCUT2D eigenvalue weighted by molar-refractivity contribution is -0.116. The number of carbonyl (C=O) groups is 1. The summed E-state index contributed by atoms with van der Waals surface area (Å²) in [5, 5.41) is 7.22. The normalized spacial score (nSPS) is 10.7. The zero-order valence-electron chi connectivity index (χ0n) is 15.2. The van der Waals surface area contributed by atoms with Crippen LogP contribution < -0.4 is 10.1 Å². The molecule has 6 nitrogen and oxygen atoms in total. The zero-order chi connectivity index (χ0) is 19.9. The summed E-state index contributed by atoms with van der Waals surface area (Å²) in [6.45, 7) is 2.15. The molecule has 0 aliphatic heterocycles. The molecular formula is C20H19ClFN3O3. The van der Waals surface area contributed by atoms with E-state index in [9.17, 15) is 9.18 Å². The second-order valence-corrected chi connectivity index (χ2v) is 6.43. The van der Waals surface area contributed by atoms with Crippen LogP contribution in [0.1, 0.15) is 25.7 Å². The Bertz CT molecular complexity index is 944. The van der Waals surface area contributed by atoms with Gasteiger partial charge in [-0.3, -0.25) is 4.79 Å². The van der Waals surface area contributed by atoms with Crippen LogP contribution in [0.2, 0.25) is 5.02 Å². The first-order valence-corrected chi connectivity index (χ1v) is 9.23. The van der Waals surface area contributed by atoms with Gasteiger partial charge in [0.05, 0.1) is 6.61 Å². The number of hydrogen-bond acceptors (Lipinski definition) is 5. The Morgan fingerprint density at radius 3 is 2.75 bits per heavy atom. The van der Waals surface area contributed by atoms with Crippen LogP contribution in [0.3, 0.4) is 0 Å². The fourth-order valence-corrected chi connectivity index (χ4v) is 2.67. The maximum Gasteiger partial charge on any atom is 0.226 e. The molecule has 28 heavy (non-hydrogen) atoms. The summed E-state index contributed by atoms with van der Waals surface area (Å²) in [7, 11) is 0. The second kappa shape index (κ2) is 9.32. The molecule has 0 saturated carbocycles. The summed E-state index contributed by atoms with van der Waals surface area (Å²) in [4.78, 5) is 16.4. The minimum absolute atomic E-state index is 0.161. The van der Waals surface area contributed by atoms with E-state index in [1.54, 1.807) is 37.3 Å². The Hall–Kier alpha value is -2.93. The van der Waals surface area contributed by atoms with Crippen LogP contribution in [0.5, 0.6) is 5.75 Å². The molecule has 3 aromatic rings. The van der Waals surface area contributed by atoms with Gasteiger partial charge in [-0.05, 0) is 49.7 Å². The van der Waals surface area contributed by atoms with Crippen molar-refractivity contribution in [3.05, 3.63) is 59.2 Å². The lowest BCUT2D eigenvalue weighted by Crippen LogP contribution is -2.11. The number of nitrogens with one attached hydrogen (secondary N) is 1. The number of benzene rings is 2. The van der Waals surface area contributed by atoms with Crippen molar-refractivity contribution in [2.24, 2.45) is 0 Å². The zero-order valence-corrected chi connectivity index (χ0v) is 16.0. The van der Waals surface area contributed by atoms with Crippen molar-refractivity contribution in [2.45, 2.75) is 26.2 Å². The van der Waals surface area contributed by atoms with E-state index in [-0.39, 0.29) is 18.1 Å². The van der Waals surface area contributed by atoms with Crippen molar-refractivity contribution in [1.82, 2.24) is 10.1 Å². The van der Waals surface area contributed by atoms with Gasteiger partial charge >= 0.3 is 0 Å². The standard InChI is InChI=1S/C20H19ClFN3O3/c1-2-27-17-11-10-15(12-16(17)22)23-18(26)4-3-5-19-24-20(25-28-19)13-6-8-14(21)9-7-13/h6-12H,2-5H2,1H3,(H,23,26). The molecular weight excluding hydrogens is 385 g/mol. The third kappa shape index (κ3) is 5.29. The van der Waals surface area contributed by atoms with Crippen LogP contribution >= 0.6 is 11.6 Å². The molecule has 1 amide bonds. The third-order valence-electron chi connectivity index (χ3n) is 3.88. The van der Waals surface area contributed by atoms with E-state index in [0.29, 0.717) is 41.9 Å². The van der Waals surface area contributed by atoms with Crippen LogP contribution in [-0.4, -0.2) is 22.7 Å². The number of aromatic nitrogens is 2. The van der Waals surface area contributed by atoms with Crippen molar-refractivity contribution in [2.75, 3.05) is 11.9 Å². The molecule has 0 unspecified atom stereocenters. The summed E-state index contributed by atoms with van der Waals surface area (Å²) >= 11 is 5.86. The lowest BCUT2D eigenvalue weighted by Gasteiger charge is -2.08. The molecule has 3 rings (SSSR count). The molecule has 1 N–H and O–H groups in total. The molecule has 0 radical (unpaired) electrons. The van der Waals surface area contributed by atoms with Gasteiger partial charge in [-0.1, -0.05) is 16.8 Å². The van der Waals surface area contributed by atoms with E-state index < -0.39 is 5.82 Å². The van der Waals surface area contributed by atoms with Crippen LogP contribution in [0.4, 0.5) is 10.1 Å². The number of ether oxygens (including phenoxy) is 1. The number of aryl methyl sites for hydroxylation is 1. The van der Waals surface area contributed by atoms with E-state index in [4.69, 9.17) is 20.9 Å². The molecule has 0 saturated heterocycles. The lowest BCUT2D eigenvalue weighted by atomic mass is 10.2. The molecule has 0 aliphatic carbocycles. The highest BCUT2D eigenvalue weighted by molar-refractivity contribution is 6.30. The summed E-state index contributed by atoms with van der Waals surface area (Å²) in [5.41, 5.74) is 1.18. The van der Waals surface area contributed by atoms with E-state index in [1.165, 1.54) is 12.1 Å². The van der Waals surface area contributed by atoms with Gasteiger partial charge in [0.25, 0.3) is 0 Å². The first-order valence-electron chi connectivity index (χ1n) is 8.86. The molecule has 0 fully saturated rings. The van der Waals surface area contributed by atoms with Crippen molar-refractivity contribution < 1.29 is 18.4 Å². The number of rotatable bonds is 8. The minimum Gasteiger partial charge on any atom is -0.491 e. The van der Waals surface area contributed by atoms with Gasteiger partial charge in [-0.2, -0.15) is 4.98 Å². The van der Waals surface area contributed by atoms with Crippen molar-refractivity contribution in [1.29, 1.82) is 0 Å². The molecule has 0 spiro atoms. The molecule has 0 atom stereocenters. The Balaban J connectivity index is 1.48. The average molecular weight is 404 g/mol. The summed E-state index contributed by atoms with van der Waals surface area (Å²) in [6.07, 6.45) is 1.23. The number of nitrogens with zero attached hydrogens (tertiary/aromatic N) is 2. The highest BCUT2D eigenvalue weighted by atomic mass is 35.5. The summed E-state index contributed by atoms with van der Waals surface area (Å²) in [6, 6.07) is 11.4. The Labute approximate surface area is 166 Å². The van der Waals surface area contributed by atoms with E-state index >= 15 is 0 Å². The molecule has 1 heterocycles. The van der Waals surface area contributed by atoms with Crippen LogP contribution in [0, 0.1) is 5.82 Å². The van der Waals surface area contributed by atoms with E-state index in [1.807, 2.05) is 0 Å². The monoisotopic (exact) mass is 403 g/mol. The third-order valence-corrected chi connectivity index (χ3v) is 4.13. The van der Waals surface area contributed by atoms with Crippen LogP contribution in [0.25, 0.3) is 11.4 Å². The average Bonchev–Trinajstić information content (AvgIpc) is 3.13. The fourth-order valence-electron chi connectivity index (χ4n) is 2.55. The highest BCUT2D eigenvalue weighted by Crippen LogP contribution is 2.22. The maximum atomic E-state index is 13.8. The Morgan fingerprint density at radius 1 is 1.25 bits per heavy atom. The van der Waals surface area contributed by atoms with Gasteiger partial charge in [-0.15, -0.1) is 0 Å². The minimum atomic E-state index is -0.514. The predicted molar refractivity (Wildman–Crippen MR) is 104 cm³/mol. The molecule has 1 aromatic heterocycles. The molecule has 146 valence electrons. The van der Waals surface area contributed by atoms with Gasteiger partial charge < -0.3 is 14.6 Å². The SMILES string of the molecule is CCOc1ccc(NC(=O)CCCc2nc(-c3ccc(Cl)cc3)no2)cc1F. The molecule has 0 aliphatic rings. The second-order valence-electron chi connectivity index (χ2n) is 6.00. The summed E-state index contributed by atoms with van der Waals surface area (Å²) in [5.74, 6) is 0.348.